The van der Waals surface area contributed by atoms with Crippen LogP contribution in [0.2, 0.25) is 0 Å². The molecule has 0 spiro atoms. The van der Waals surface area contributed by atoms with Crippen molar-refractivity contribution < 1.29 is 22.8 Å². The van der Waals surface area contributed by atoms with Crippen molar-refractivity contribution in [1.82, 2.24) is 20.1 Å². The zero-order valence-corrected chi connectivity index (χ0v) is 19.3. The molecule has 33 heavy (non-hydrogen) atoms. The number of piperidine rings is 1. The summed E-state index contributed by atoms with van der Waals surface area (Å²) in [5.74, 6) is -1.03. The molecule has 0 saturated carbocycles. The molecular weight excluding hydrogens is 444 g/mol. The Hall–Kier alpha value is -3.24. The molecule has 9 nitrogen and oxygen atoms in total. The Morgan fingerprint density at radius 2 is 1.76 bits per heavy atom. The summed E-state index contributed by atoms with van der Waals surface area (Å²) in [6, 6.07) is 13.4. The molecule has 0 bridgehead atoms. The minimum atomic E-state index is -3.65. The van der Waals surface area contributed by atoms with Crippen molar-refractivity contribution in [2.45, 2.75) is 37.1 Å². The van der Waals surface area contributed by atoms with Gasteiger partial charge in [-0.2, -0.15) is 9.31 Å². The van der Waals surface area contributed by atoms with Gasteiger partial charge in [0.2, 0.25) is 10.0 Å². The summed E-state index contributed by atoms with van der Waals surface area (Å²) in [7, 11) is -3.65. The molecule has 2 fully saturated rings. The summed E-state index contributed by atoms with van der Waals surface area (Å²) in [4.78, 5) is 38.2. The number of hydrogen-bond donors (Lipinski definition) is 2. The first-order chi connectivity index (χ1) is 15.6. The minimum absolute atomic E-state index is 0.0970. The summed E-state index contributed by atoms with van der Waals surface area (Å²) in [5, 5.41) is 3.26. The van der Waals surface area contributed by atoms with Gasteiger partial charge >= 0.3 is 6.03 Å². The van der Waals surface area contributed by atoms with E-state index in [2.05, 4.69) is 10.7 Å². The monoisotopic (exact) mass is 470 g/mol. The van der Waals surface area contributed by atoms with Gasteiger partial charge in [-0.05, 0) is 55.5 Å². The van der Waals surface area contributed by atoms with Gasteiger partial charge in [0.05, 0.1) is 4.90 Å². The fourth-order valence-corrected chi connectivity index (χ4v) is 5.76. The van der Waals surface area contributed by atoms with Crippen LogP contribution in [0.25, 0.3) is 0 Å². The van der Waals surface area contributed by atoms with E-state index in [-0.39, 0.29) is 10.5 Å². The highest BCUT2D eigenvalue weighted by molar-refractivity contribution is 7.89. The molecule has 2 aliphatic rings. The Balaban J connectivity index is 1.48. The second-order valence-electron chi connectivity index (χ2n) is 8.64. The second kappa shape index (κ2) is 8.60. The highest BCUT2D eigenvalue weighted by Gasteiger charge is 2.50. The highest BCUT2D eigenvalue weighted by atomic mass is 32.2. The van der Waals surface area contributed by atoms with E-state index in [1.165, 1.54) is 28.6 Å². The molecule has 0 aromatic heterocycles. The van der Waals surface area contributed by atoms with E-state index in [1.807, 2.05) is 6.92 Å². The zero-order chi connectivity index (χ0) is 23.8. The molecule has 2 atom stereocenters. The smallest absolute Gasteiger partial charge is 0.318 e. The van der Waals surface area contributed by atoms with Gasteiger partial charge in [-0.25, -0.2) is 13.2 Å². The van der Waals surface area contributed by atoms with Crippen LogP contribution in [0.4, 0.5) is 4.79 Å². The topological polar surface area (TPSA) is 116 Å². The highest BCUT2D eigenvalue weighted by Crippen LogP contribution is 2.28. The first-order valence-electron chi connectivity index (χ1n) is 10.8. The predicted octanol–water partition coefficient (Wildman–Crippen LogP) is 2.22. The standard InChI is InChI=1S/C23H26N4O5S/c1-16-7-6-14-26(15-16)33(31,32)19-12-10-17(11-13-19)20(28)25-27-21(29)23(2,24-22(27)30)18-8-4-3-5-9-18/h3-5,8-13,16H,6-7,14-15H2,1-2H3,(H,24,30)(H,25,28). The van der Waals surface area contributed by atoms with Gasteiger partial charge < -0.3 is 5.32 Å². The van der Waals surface area contributed by atoms with E-state index >= 15 is 0 Å². The number of rotatable bonds is 5. The molecular formula is C23H26N4O5S. The summed E-state index contributed by atoms with van der Waals surface area (Å²) in [5.41, 5.74) is 1.71. The van der Waals surface area contributed by atoms with Gasteiger partial charge in [-0.15, -0.1) is 0 Å². The number of nitrogens with one attached hydrogen (secondary N) is 2. The van der Waals surface area contributed by atoms with Gasteiger partial charge in [0.15, 0.2) is 0 Å². The minimum Gasteiger partial charge on any atom is -0.318 e. The molecule has 2 heterocycles. The van der Waals surface area contributed by atoms with Crippen molar-refractivity contribution in [3.8, 4) is 0 Å². The first-order valence-corrected chi connectivity index (χ1v) is 12.2. The van der Waals surface area contributed by atoms with E-state index in [9.17, 15) is 22.8 Å². The van der Waals surface area contributed by atoms with Gasteiger partial charge in [0.1, 0.15) is 5.54 Å². The predicted molar refractivity (Wildman–Crippen MR) is 120 cm³/mol. The van der Waals surface area contributed by atoms with Gasteiger partial charge in [-0.3, -0.25) is 15.0 Å². The number of urea groups is 1. The van der Waals surface area contributed by atoms with Crippen molar-refractivity contribution in [3.63, 3.8) is 0 Å². The molecule has 2 unspecified atom stereocenters. The van der Waals surface area contributed by atoms with Gasteiger partial charge in [-0.1, -0.05) is 37.3 Å². The number of hydrogen-bond acceptors (Lipinski definition) is 5. The summed E-state index contributed by atoms with van der Waals surface area (Å²) >= 11 is 0. The van der Waals surface area contributed by atoms with Gasteiger partial charge in [0.25, 0.3) is 11.8 Å². The first kappa shape index (κ1) is 22.9. The van der Waals surface area contributed by atoms with E-state index in [0.29, 0.717) is 29.6 Å². The second-order valence-corrected chi connectivity index (χ2v) is 10.6. The van der Waals surface area contributed by atoms with Gasteiger partial charge in [0, 0.05) is 18.7 Å². The van der Waals surface area contributed by atoms with E-state index in [0.717, 1.165) is 12.8 Å². The van der Waals surface area contributed by atoms with Crippen LogP contribution in [0.1, 0.15) is 42.6 Å². The molecule has 0 aliphatic carbocycles. The van der Waals surface area contributed by atoms with E-state index in [1.54, 1.807) is 37.3 Å². The fourth-order valence-electron chi connectivity index (χ4n) is 4.17. The van der Waals surface area contributed by atoms with E-state index in [4.69, 9.17) is 0 Å². The lowest BCUT2D eigenvalue weighted by molar-refractivity contribution is -0.132. The number of nitrogens with zero attached hydrogens (tertiary/aromatic N) is 2. The summed E-state index contributed by atoms with van der Waals surface area (Å²) in [6.07, 6.45) is 1.81. The molecule has 2 aromatic carbocycles. The van der Waals surface area contributed by atoms with Crippen LogP contribution in [0.5, 0.6) is 0 Å². The molecule has 2 aliphatic heterocycles. The fraction of sp³-hybridized carbons (Fsp3) is 0.348. The maximum Gasteiger partial charge on any atom is 0.344 e. The number of amides is 4. The van der Waals surface area contributed by atoms with Crippen molar-refractivity contribution >= 4 is 27.9 Å². The van der Waals surface area contributed by atoms with Crippen molar-refractivity contribution in [3.05, 3.63) is 65.7 Å². The van der Waals surface area contributed by atoms with Crippen molar-refractivity contribution in [1.29, 1.82) is 0 Å². The summed E-state index contributed by atoms with van der Waals surface area (Å²) in [6.45, 7) is 4.53. The molecule has 0 radical (unpaired) electrons. The third-order valence-electron chi connectivity index (χ3n) is 6.13. The SMILES string of the molecule is CC1CCCN(S(=O)(=O)c2ccc(C(=O)NN3C(=O)NC(C)(c4ccccc4)C3=O)cc2)C1. The van der Waals surface area contributed by atoms with Crippen LogP contribution in [-0.2, 0) is 20.4 Å². The average molecular weight is 471 g/mol. The van der Waals surface area contributed by atoms with Crippen LogP contribution in [0.15, 0.2) is 59.5 Å². The lowest BCUT2D eigenvalue weighted by Gasteiger charge is -2.30. The van der Waals surface area contributed by atoms with Crippen molar-refractivity contribution in [2.24, 2.45) is 5.92 Å². The Kier molecular flexibility index (Phi) is 5.98. The number of carbonyl (C=O) groups excluding carboxylic acids is 3. The number of sulfonamides is 1. The van der Waals surface area contributed by atoms with E-state index < -0.39 is 33.4 Å². The molecule has 174 valence electrons. The normalized spacial score (nSPS) is 23.9. The van der Waals surface area contributed by atoms with Crippen LogP contribution >= 0.6 is 0 Å². The molecule has 2 aromatic rings. The number of benzene rings is 2. The Morgan fingerprint density at radius 1 is 1.09 bits per heavy atom. The van der Waals surface area contributed by atoms with Crippen LogP contribution in [-0.4, -0.2) is 48.7 Å². The molecule has 4 rings (SSSR count). The summed E-state index contributed by atoms with van der Waals surface area (Å²) < 4.78 is 27.3. The van der Waals surface area contributed by atoms with Crippen LogP contribution in [0.3, 0.4) is 0 Å². The number of imide groups is 1. The quantitative estimate of drug-likeness (QED) is 0.650. The Morgan fingerprint density at radius 3 is 2.39 bits per heavy atom. The maximum atomic E-state index is 12.9. The number of hydrazine groups is 1. The molecule has 2 saturated heterocycles. The maximum absolute atomic E-state index is 12.9. The molecule has 2 N–H and O–H groups in total. The Labute approximate surface area is 192 Å². The zero-order valence-electron chi connectivity index (χ0n) is 18.4. The van der Waals surface area contributed by atoms with Crippen LogP contribution < -0.4 is 10.7 Å². The average Bonchev–Trinajstić information content (AvgIpc) is 3.03. The molecule has 10 heteroatoms. The Bertz CT molecular complexity index is 1180. The van der Waals surface area contributed by atoms with Crippen molar-refractivity contribution in [2.75, 3.05) is 13.1 Å². The number of carbonyl (C=O) groups is 3. The third kappa shape index (κ3) is 4.23. The van der Waals surface area contributed by atoms with Crippen LogP contribution in [0, 0.1) is 5.92 Å². The lowest BCUT2D eigenvalue weighted by Crippen LogP contribution is -2.47. The third-order valence-corrected chi connectivity index (χ3v) is 8.01. The molecule has 4 amide bonds. The lowest BCUT2D eigenvalue weighted by atomic mass is 9.92. The largest absolute Gasteiger partial charge is 0.344 e.